The van der Waals surface area contributed by atoms with E-state index in [1.54, 1.807) is 32.4 Å². The summed E-state index contributed by atoms with van der Waals surface area (Å²) in [6, 6.07) is 33.9. The summed E-state index contributed by atoms with van der Waals surface area (Å²) in [5.74, 6) is 0.514. The molecule has 0 saturated carbocycles. The molecule has 5 aromatic rings. The van der Waals surface area contributed by atoms with Crippen LogP contribution in [0.1, 0.15) is 61.9 Å². The zero-order chi connectivity index (χ0) is 51.1. The van der Waals surface area contributed by atoms with Crippen molar-refractivity contribution in [3.63, 3.8) is 0 Å². The molecule has 384 valence electrons. The van der Waals surface area contributed by atoms with E-state index >= 15 is 8.96 Å². The van der Waals surface area contributed by atoms with E-state index in [-0.39, 0.29) is 44.3 Å². The molecule has 1 amide bonds. The van der Waals surface area contributed by atoms with Gasteiger partial charge >= 0.3 is 12.5 Å². The second-order valence-electron chi connectivity index (χ2n) is 17.0. The van der Waals surface area contributed by atoms with E-state index in [4.69, 9.17) is 37.5 Å². The number of carbonyl (C=O) groups excluding carboxylic acids is 1. The number of halogens is 1. The zero-order valence-electron chi connectivity index (χ0n) is 40.7. The number of carbonyl (C=O) groups is 1. The van der Waals surface area contributed by atoms with E-state index < -0.39 is 66.2 Å². The fourth-order valence-corrected chi connectivity index (χ4v) is 12.3. The van der Waals surface area contributed by atoms with Gasteiger partial charge in [-0.15, -0.1) is 0 Å². The highest BCUT2D eigenvalue weighted by Gasteiger charge is 2.54. The summed E-state index contributed by atoms with van der Waals surface area (Å²) in [4.78, 5) is 43.4. The highest BCUT2D eigenvalue weighted by Crippen LogP contribution is 2.63. The molecule has 3 unspecified atom stereocenters. The molecule has 17 nitrogen and oxygen atoms in total. The molecule has 2 aliphatic rings. The minimum Gasteiger partial charge on any atom is -0.497 e. The number of anilines is 1. The molecule has 0 spiro atoms. The smallest absolute Gasteiger partial charge is 0.389 e. The number of nitriles is 1. The van der Waals surface area contributed by atoms with Crippen LogP contribution in [0, 0.1) is 17.1 Å². The third kappa shape index (κ3) is 13.0. The standard InChI is InChI=1S/C52H61FN5O12PS/c1-5-6-29-55-46(59)27-33-72-71(62,67-32-12-28-54)70-48-45(35-66-52(36-13-8-7-9-14-36,37-17-21-39(63-2)22-18-37)38-19-23-40(64-3)24-20-38)69-50(58-31-26-47(60)56-51(58)61)49(48)68-44-34-57(30-25-43(44)65-4)42-16-11-10-15-41(42)53/h7-11,13-24,26,31,43-45,48-50H,5-6,12,25,27,29-30,32-35H2,1-4H3,(H,55,59)(H,56,60,61)/t43?,44?,45-,48-,49-,50-,71?/m1/s1. The molecule has 2 N–H and O–H groups in total. The van der Waals surface area contributed by atoms with Crippen molar-refractivity contribution in [2.24, 2.45) is 0 Å². The number of nitrogens with zero attached hydrogens (tertiary/aromatic N) is 3. The molecule has 7 atom stereocenters. The van der Waals surface area contributed by atoms with Crippen LogP contribution in [0.4, 0.5) is 10.1 Å². The molecule has 1 aromatic heterocycles. The summed E-state index contributed by atoms with van der Waals surface area (Å²) >= 11 is 0.781. The van der Waals surface area contributed by atoms with E-state index in [9.17, 15) is 19.6 Å². The van der Waals surface area contributed by atoms with Crippen LogP contribution in [-0.2, 0) is 43.0 Å². The zero-order valence-corrected chi connectivity index (χ0v) is 42.4. The van der Waals surface area contributed by atoms with Gasteiger partial charge in [0.2, 0.25) is 5.91 Å². The van der Waals surface area contributed by atoms with Crippen LogP contribution < -0.4 is 30.9 Å². The predicted molar refractivity (Wildman–Crippen MR) is 270 cm³/mol. The summed E-state index contributed by atoms with van der Waals surface area (Å²) in [6.45, 7) is -1.98. The van der Waals surface area contributed by atoms with Gasteiger partial charge in [-0.2, -0.15) is 5.26 Å². The fraction of sp³-hybridized carbons (Fsp3) is 0.423. The Labute approximate surface area is 422 Å². The quantitative estimate of drug-likeness (QED) is 0.0326. The summed E-state index contributed by atoms with van der Waals surface area (Å²) in [7, 11) is 4.68. The van der Waals surface area contributed by atoms with Crippen molar-refractivity contribution >= 4 is 29.8 Å². The van der Waals surface area contributed by atoms with Gasteiger partial charge in [-0.25, -0.2) is 13.8 Å². The summed E-state index contributed by atoms with van der Waals surface area (Å²) in [5.41, 5.74) is -0.461. The SMILES string of the molecule is CCCCNC(=O)CCSP(=O)(OCCC#N)O[C@H]1[C@@H](OC2CN(c3ccccc3F)CCC2OC)[C@H](n2ccc(=O)[nH]c2=O)O[C@@H]1COC(c1ccccc1)(c1ccc(OC)cc1)c1ccc(OC)cc1. The van der Waals surface area contributed by atoms with E-state index in [1.807, 2.05) is 96.8 Å². The van der Waals surface area contributed by atoms with Crippen molar-refractivity contribution in [1.82, 2.24) is 14.9 Å². The van der Waals surface area contributed by atoms with E-state index in [0.717, 1.165) is 34.9 Å². The number of methoxy groups -OCH3 is 3. The van der Waals surface area contributed by atoms with Crippen molar-refractivity contribution in [1.29, 1.82) is 5.26 Å². The summed E-state index contributed by atoms with van der Waals surface area (Å²) < 4.78 is 83.0. The number of amides is 1. The van der Waals surface area contributed by atoms with Crippen molar-refractivity contribution in [2.45, 2.75) is 81.4 Å². The number of ether oxygens (including phenoxy) is 6. The Morgan fingerprint density at radius 1 is 0.917 bits per heavy atom. The Bertz CT molecular complexity index is 2700. The Balaban J connectivity index is 1.36. The van der Waals surface area contributed by atoms with Gasteiger partial charge in [0.25, 0.3) is 5.56 Å². The maximum absolute atomic E-state index is 15.4. The molecule has 2 fully saturated rings. The van der Waals surface area contributed by atoms with Crippen molar-refractivity contribution in [3.8, 4) is 17.6 Å². The summed E-state index contributed by atoms with van der Waals surface area (Å²) in [5, 5.41) is 12.4. The first-order valence-electron chi connectivity index (χ1n) is 23.8. The van der Waals surface area contributed by atoms with Gasteiger partial charge in [0.1, 0.15) is 47.3 Å². The van der Waals surface area contributed by atoms with Crippen molar-refractivity contribution in [2.75, 3.05) is 64.8 Å². The fourth-order valence-electron chi connectivity index (χ4n) is 8.86. The van der Waals surface area contributed by atoms with Crippen LogP contribution in [0.15, 0.2) is 125 Å². The molecule has 7 rings (SSSR count). The molecule has 72 heavy (non-hydrogen) atoms. The van der Waals surface area contributed by atoms with Gasteiger partial charge in [0, 0.05) is 51.2 Å². The Hall–Kier alpha value is -5.81. The van der Waals surface area contributed by atoms with E-state index in [2.05, 4.69) is 10.3 Å². The van der Waals surface area contributed by atoms with Gasteiger partial charge in [-0.05, 0) is 77.3 Å². The topological polar surface area (TPSA) is 202 Å². The lowest BCUT2D eigenvalue weighted by molar-refractivity contribution is -0.141. The second kappa shape index (κ2) is 25.7. The molecule has 0 aliphatic carbocycles. The van der Waals surface area contributed by atoms with Crippen LogP contribution in [-0.4, -0.2) is 106 Å². The molecule has 0 bridgehead atoms. The maximum Gasteiger partial charge on any atom is 0.389 e. The number of aromatic nitrogens is 2. The molecular formula is C52H61FN5O12PS. The third-order valence-corrected chi connectivity index (χ3v) is 16.3. The lowest BCUT2D eigenvalue weighted by Gasteiger charge is -2.41. The minimum absolute atomic E-state index is 0.00287. The average Bonchev–Trinajstić information content (AvgIpc) is 3.71. The number of aromatic amines is 1. The number of H-pyrrole nitrogens is 1. The normalized spacial score (nSPS) is 20.9. The number of unbranched alkanes of at least 4 members (excludes halogenated alkanes) is 1. The first-order chi connectivity index (χ1) is 34.9. The van der Waals surface area contributed by atoms with Gasteiger partial charge in [0.05, 0.1) is 51.7 Å². The second-order valence-corrected chi connectivity index (χ2v) is 21.2. The van der Waals surface area contributed by atoms with Gasteiger partial charge < -0.3 is 38.6 Å². The van der Waals surface area contributed by atoms with Crippen molar-refractivity contribution in [3.05, 3.63) is 159 Å². The number of benzene rings is 4. The average molecular weight is 1030 g/mol. The number of hydrogen-bond acceptors (Lipinski definition) is 15. The lowest BCUT2D eigenvalue weighted by atomic mass is 9.80. The maximum atomic E-state index is 15.4. The molecular weight excluding hydrogens is 969 g/mol. The third-order valence-electron chi connectivity index (χ3n) is 12.5. The van der Waals surface area contributed by atoms with Crippen LogP contribution >= 0.6 is 18.2 Å². The van der Waals surface area contributed by atoms with Gasteiger partial charge in [-0.3, -0.25) is 28.2 Å². The number of piperidine rings is 1. The number of para-hydroxylation sites is 1. The molecule has 3 heterocycles. The predicted octanol–water partition coefficient (Wildman–Crippen LogP) is 7.74. The highest BCUT2D eigenvalue weighted by molar-refractivity contribution is 8.55. The lowest BCUT2D eigenvalue weighted by Crippen LogP contribution is -2.53. The Morgan fingerprint density at radius 2 is 1.58 bits per heavy atom. The van der Waals surface area contributed by atoms with Gasteiger partial charge in [0.15, 0.2) is 6.23 Å². The Morgan fingerprint density at radius 3 is 2.21 bits per heavy atom. The molecule has 2 saturated heterocycles. The monoisotopic (exact) mass is 1030 g/mol. The van der Waals surface area contributed by atoms with E-state index in [1.165, 1.54) is 19.4 Å². The Kier molecular flexibility index (Phi) is 19.3. The number of nitrogens with one attached hydrogen (secondary N) is 2. The first-order valence-corrected chi connectivity index (χ1v) is 26.9. The molecule has 2 aliphatic heterocycles. The highest BCUT2D eigenvalue weighted by atomic mass is 32.7. The van der Waals surface area contributed by atoms with Crippen LogP contribution in [0.5, 0.6) is 11.5 Å². The van der Waals surface area contributed by atoms with E-state index in [0.29, 0.717) is 53.4 Å². The van der Waals surface area contributed by atoms with Gasteiger partial charge in [-0.1, -0.05) is 80.1 Å². The molecule has 20 heteroatoms. The number of hydrogen-bond donors (Lipinski definition) is 2. The van der Waals surface area contributed by atoms with Crippen LogP contribution in [0.2, 0.25) is 0 Å². The molecule has 4 aromatic carbocycles. The first kappa shape index (κ1) is 54.0. The number of rotatable bonds is 25. The van der Waals surface area contributed by atoms with Crippen LogP contribution in [0.25, 0.3) is 0 Å². The molecule has 0 radical (unpaired) electrons. The largest absolute Gasteiger partial charge is 0.497 e. The van der Waals surface area contributed by atoms with Crippen LogP contribution in [0.3, 0.4) is 0 Å². The summed E-state index contributed by atoms with van der Waals surface area (Å²) in [6.07, 6.45) is -3.61. The van der Waals surface area contributed by atoms with Crippen molar-refractivity contribution < 1.29 is 51.2 Å². The minimum atomic E-state index is -4.39.